The van der Waals surface area contributed by atoms with E-state index in [4.69, 9.17) is 0 Å². The molecule has 0 heterocycles. The van der Waals surface area contributed by atoms with Crippen molar-refractivity contribution in [2.24, 2.45) is 0 Å². The molecule has 4 heteroatoms. The monoisotopic (exact) mass is 781 g/mol. The molecule has 0 amide bonds. The van der Waals surface area contributed by atoms with Gasteiger partial charge in [-0.15, -0.1) is 0 Å². The third-order valence-corrected chi connectivity index (χ3v) is 10.5. The number of hydrogen-bond acceptors (Lipinski definition) is 0. The molecule has 0 aromatic heterocycles. The third kappa shape index (κ3) is 41.1. The fourth-order valence-corrected chi connectivity index (χ4v) is 7.13. The summed E-state index contributed by atoms with van der Waals surface area (Å²) in [5.74, 6) is 0. The molecule has 0 aliphatic rings. The summed E-state index contributed by atoms with van der Waals surface area (Å²) < 4.78 is 2.47. The van der Waals surface area contributed by atoms with E-state index >= 15 is 0 Å². The van der Waals surface area contributed by atoms with Gasteiger partial charge in [0.1, 0.15) is 0 Å². The standard InChI is InChI=1S/C42H90N2.2BrH/c1-7-9-11-13-15-17-19-21-23-25-27-29-31-35-39-43(3,4)41-37-33-34-38-42-44(5,6)40-36-32-30-28-26-24-22-20-18-16-14-12-10-8-2;;/h7-42H2,1-6H3;2*1H/q+2;;/p-2. The van der Waals surface area contributed by atoms with Gasteiger partial charge >= 0.3 is 0 Å². The van der Waals surface area contributed by atoms with E-state index in [-0.39, 0.29) is 34.0 Å². The molecule has 0 saturated carbocycles. The Bertz CT molecular complexity index is 504. The van der Waals surface area contributed by atoms with E-state index in [1.165, 1.54) is 241 Å². The summed E-state index contributed by atoms with van der Waals surface area (Å²) in [4.78, 5) is 0. The summed E-state index contributed by atoms with van der Waals surface area (Å²) in [5.41, 5.74) is 0. The topological polar surface area (TPSA) is 0 Å². The highest BCUT2D eigenvalue weighted by atomic mass is 79.9. The summed E-state index contributed by atoms with van der Waals surface area (Å²) in [6.07, 6.45) is 46.5. The summed E-state index contributed by atoms with van der Waals surface area (Å²) in [6, 6.07) is 0. The zero-order valence-electron chi connectivity index (χ0n) is 33.1. The molecule has 0 aromatic rings. The lowest BCUT2D eigenvalue weighted by Crippen LogP contribution is -3.00. The lowest BCUT2D eigenvalue weighted by molar-refractivity contribution is -0.891. The number of rotatable bonds is 37. The van der Waals surface area contributed by atoms with Gasteiger partial charge < -0.3 is 42.9 Å². The van der Waals surface area contributed by atoms with Crippen LogP contribution in [0.3, 0.4) is 0 Å². The summed E-state index contributed by atoms with van der Waals surface area (Å²) in [5, 5.41) is 0. The summed E-state index contributed by atoms with van der Waals surface area (Å²) in [6.45, 7) is 10.1. The Morgan fingerprint density at radius 2 is 0.348 bits per heavy atom. The van der Waals surface area contributed by atoms with Crippen LogP contribution in [0.1, 0.15) is 219 Å². The maximum atomic E-state index is 2.47. The van der Waals surface area contributed by atoms with Crippen LogP contribution in [0.25, 0.3) is 0 Å². The molecule has 0 rings (SSSR count). The summed E-state index contributed by atoms with van der Waals surface area (Å²) >= 11 is 0. The van der Waals surface area contributed by atoms with Crippen molar-refractivity contribution in [1.29, 1.82) is 0 Å². The minimum atomic E-state index is 0. The Morgan fingerprint density at radius 3 is 0.500 bits per heavy atom. The first kappa shape index (κ1) is 51.3. The van der Waals surface area contributed by atoms with Gasteiger partial charge in [0, 0.05) is 0 Å². The maximum Gasteiger partial charge on any atom is 0.0782 e. The predicted molar refractivity (Wildman–Crippen MR) is 203 cm³/mol. The van der Waals surface area contributed by atoms with Crippen LogP contribution in [0.4, 0.5) is 0 Å². The van der Waals surface area contributed by atoms with Crippen LogP contribution in [0, 0.1) is 0 Å². The lowest BCUT2D eigenvalue weighted by Gasteiger charge is -2.31. The average molecular weight is 783 g/mol. The molecule has 46 heavy (non-hydrogen) atoms. The minimum absolute atomic E-state index is 0. The highest BCUT2D eigenvalue weighted by Crippen LogP contribution is 2.16. The molecule has 0 fully saturated rings. The quantitative estimate of drug-likeness (QED) is 0.0449. The van der Waals surface area contributed by atoms with Crippen molar-refractivity contribution in [3.05, 3.63) is 0 Å². The molecular weight excluding hydrogens is 692 g/mol. The van der Waals surface area contributed by atoms with Gasteiger partial charge in [-0.25, -0.2) is 0 Å². The molecule has 0 radical (unpaired) electrons. The van der Waals surface area contributed by atoms with Gasteiger partial charge in [0.05, 0.1) is 54.4 Å². The second-order valence-corrected chi connectivity index (χ2v) is 16.4. The SMILES string of the molecule is CCCCCCCCCCCCCCCC[N+](C)(C)CCCCCC[N+](C)(C)CCCCCCCCCCCCCCCC.[Br-].[Br-]. The van der Waals surface area contributed by atoms with Crippen LogP contribution in [0.2, 0.25) is 0 Å². The minimum Gasteiger partial charge on any atom is -1.00 e. The number of hydrogen-bond donors (Lipinski definition) is 0. The van der Waals surface area contributed by atoms with Crippen molar-refractivity contribution >= 4 is 0 Å². The van der Waals surface area contributed by atoms with Crippen molar-refractivity contribution in [1.82, 2.24) is 0 Å². The molecule has 2 nitrogen and oxygen atoms in total. The van der Waals surface area contributed by atoms with E-state index in [1.54, 1.807) is 0 Å². The van der Waals surface area contributed by atoms with Gasteiger partial charge in [-0.2, -0.15) is 0 Å². The van der Waals surface area contributed by atoms with E-state index in [0.717, 1.165) is 0 Å². The maximum absolute atomic E-state index is 2.47. The van der Waals surface area contributed by atoms with Crippen molar-refractivity contribution in [2.75, 3.05) is 54.4 Å². The molecule has 0 aliphatic carbocycles. The van der Waals surface area contributed by atoms with Crippen molar-refractivity contribution < 1.29 is 42.9 Å². The Balaban J connectivity index is -0.00000924. The Kier molecular flexibility index (Phi) is 43.1. The molecule has 0 bridgehead atoms. The first-order chi connectivity index (χ1) is 21.3. The molecule has 0 saturated heterocycles. The normalized spacial score (nSPS) is 11.9. The van der Waals surface area contributed by atoms with Crippen LogP contribution in [0.15, 0.2) is 0 Å². The molecule has 0 aromatic carbocycles. The largest absolute Gasteiger partial charge is 1.00 e. The van der Waals surface area contributed by atoms with Crippen LogP contribution >= 0.6 is 0 Å². The van der Waals surface area contributed by atoms with Crippen LogP contribution < -0.4 is 34.0 Å². The van der Waals surface area contributed by atoms with Gasteiger partial charge in [-0.1, -0.05) is 168 Å². The smallest absolute Gasteiger partial charge is 0.0782 e. The molecule has 0 atom stereocenters. The summed E-state index contributed by atoms with van der Waals surface area (Å²) in [7, 11) is 9.88. The molecule has 282 valence electrons. The van der Waals surface area contributed by atoms with Crippen LogP contribution in [-0.2, 0) is 0 Å². The van der Waals surface area contributed by atoms with Gasteiger partial charge in [0.15, 0.2) is 0 Å². The Morgan fingerprint density at radius 1 is 0.217 bits per heavy atom. The van der Waals surface area contributed by atoms with E-state index in [1.807, 2.05) is 0 Å². The first-order valence-electron chi connectivity index (χ1n) is 21.0. The molecule has 0 spiro atoms. The number of nitrogens with zero attached hydrogens (tertiary/aromatic N) is 2. The molecule has 0 N–H and O–H groups in total. The Hall–Kier alpha value is 0.880. The van der Waals surface area contributed by atoms with Gasteiger partial charge in [0.25, 0.3) is 0 Å². The number of quaternary nitrogens is 2. The van der Waals surface area contributed by atoms with Crippen LogP contribution in [-0.4, -0.2) is 63.3 Å². The average Bonchev–Trinajstić information content (AvgIpc) is 2.99. The molecule has 0 aliphatic heterocycles. The van der Waals surface area contributed by atoms with Crippen molar-refractivity contribution in [2.45, 2.75) is 219 Å². The first-order valence-corrected chi connectivity index (χ1v) is 21.0. The zero-order chi connectivity index (χ0) is 32.5. The second kappa shape index (κ2) is 38.7. The van der Waals surface area contributed by atoms with Crippen molar-refractivity contribution in [3.63, 3.8) is 0 Å². The third-order valence-electron chi connectivity index (χ3n) is 10.5. The van der Waals surface area contributed by atoms with E-state index in [0.29, 0.717) is 0 Å². The van der Waals surface area contributed by atoms with Gasteiger partial charge in [-0.3, -0.25) is 0 Å². The lowest BCUT2D eigenvalue weighted by atomic mass is 10.0. The van der Waals surface area contributed by atoms with Gasteiger partial charge in [-0.05, 0) is 51.4 Å². The number of unbranched alkanes of at least 4 members (excludes halogenated alkanes) is 29. The number of halogens is 2. The van der Waals surface area contributed by atoms with Crippen LogP contribution in [0.5, 0.6) is 0 Å². The van der Waals surface area contributed by atoms with E-state index in [9.17, 15) is 0 Å². The van der Waals surface area contributed by atoms with E-state index < -0.39 is 0 Å². The fourth-order valence-electron chi connectivity index (χ4n) is 7.13. The zero-order valence-corrected chi connectivity index (χ0v) is 36.3. The van der Waals surface area contributed by atoms with Crippen molar-refractivity contribution in [3.8, 4) is 0 Å². The Labute approximate surface area is 315 Å². The van der Waals surface area contributed by atoms with E-state index in [2.05, 4.69) is 42.0 Å². The van der Waals surface area contributed by atoms with Gasteiger partial charge in [0.2, 0.25) is 0 Å². The second-order valence-electron chi connectivity index (χ2n) is 16.4. The predicted octanol–water partition coefficient (Wildman–Crippen LogP) is 7.67. The molecular formula is C42H90Br2N2. The molecule has 0 unspecified atom stereocenters. The fraction of sp³-hybridized carbons (Fsp3) is 1.00. The highest BCUT2D eigenvalue weighted by molar-refractivity contribution is 4.52. The highest BCUT2D eigenvalue weighted by Gasteiger charge is 2.15.